The van der Waals surface area contributed by atoms with Crippen molar-refractivity contribution in [3.05, 3.63) is 41.3 Å². The molecule has 1 fully saturated rings. The Balaban J connectivity index is 1.69. The SMILES string of the molecule is COC(=O)c1c(-c2ccccc2)csc1NC(=O)CCN1C[C@H](C)O[C@@H](C)C1. The molecule has 2 heterocycles. The molecule has 0 radical (unpaired) electrons. The highest BCUT2D eigenvalue weighted by Gasteiger charge is 2.24. The van der Waals surface area contributed by atoms with Crippen LogP contribution in [0, 0.1) is 0 Å². The summed E-state index contributed by atoms with van der Waals surface area (Å²) in [5, 5.41) is 5.30. The number of carbonyl (C=O) groups is 2. The number of esters is 1. The third kappa shape index (κ3) is 4.98. The number of hydrogen-bond donors (Lipinski definition) is 1. The number of carbonyl (C=O) groups excluding carboxylic acids is 2. The van der Waals surface area contributed by atoms with Gasteiger partial charge in [-0.15, -0.1) is 11.3 Å². The quantitative estimate of drug-likeness (QED) is 0.747. The van der Waals surface area contributed by atoms with Crippen LogP contribution in [-0.2, 0) is 14.3 Å². The van der Waals surface area contributed by atoms with Gasteiger partial charge in [0.1, 0.15) is 10.6 Å². The van der Waals surface area contributed by atoms with E-state index >= 15 is 0 Å². The van der Waals surface area contributed by atoms with Crippen molar-refractivity contribution in [1.29, 1.82) is 0 Å². The largest absolute Gasteiger partial charge is 0.465 e. The number of thiophene rings is 1. The summed E-state index contributed by atoms with van der Waals surface area (Å²) >= 11 is 1.34. The highest BCUT2D eigenvalue weighted by atomic mass is 32.1. The van der Waals surface area contributed by atoms with Gasteiger partial charge in [-0.3, -0.25) is 9.69 Å². The van der Waals surface area contributed by atoms with Crippen LogP contribution >= 0.6 is 11.3 Å². The lowest BCUT2D eigenvalue weighted by atomic mass is 10.0. The molecular formula is C21H26N2O4S. The van der Waals surface area contributed by atoms with Crippen molar-refractivity contribution in [3.63, 3.8) is 0 Å². The van der Waals surface area contributed by atoms with E-state index in [1.807, 2.05) is 49.6 Å². The number of hydrogen-bond acceptors (Lipinski definition) is 6. The van der Waals surface area contributed by atoms with Gasteiger partial charge in [-0.1, -0.05) is 30.3 Å². The average molecular weight is 403 g/mol. The maximum Gasteiger partial charge on any atom is 0.341 e. The minimum absolute atomic E-state index is 0.113. The van der Waals surface area contributed by atoms with Crippen LogP contribution in [0.5, 0.6) is 0 Å². The van der Waals surface area contributed by atoms with Crippen molar-refractivity contribution < 1.29 is 19.1 Å². The van der Waals surface area contributed by atoms with Gasteiger partial charge in [-0.05, 0) is 19.4 Å². The van der Waals surface area contributed by atoms with Crippen LogP contribution in [0.3, 0.4) is 0 Å². The molecule has 1 aliphatic heterocycles. The molecule has 1 aliphatic rings. The summed E-state index contributed by atoms with van der Waals surface area (Å²) < 4.78 is 10.7. The molecule has 0 bridgehead atoms. The third-order valence-electron chi connectivity index (χ3n) is 4.67. The van der Waals surface area contributed by atoms with E-state index in [0.717, 1.165) is 24.2 Å². The van der Waals surface area contributed by atoms with Crippen LogP contribution in [0.1, 0.15) is 30.6 Å². The molecule has 0 spiro atoms. The van der Waals surface area contributed by atoms with Crippen molar-refractivity contribution in [2.24, 2.45) is 0 Å². The van der Waals surface area contributed by atoms with E-state index in [1.165, 1.54) is 18.4 Å². The third-order valence-corrected chi connectivity index (χ3v) is 5.56. The van der Waals surface area contributed by atoms with Gasteiger partial charge >= 0.3 is 5.97 Å². The van der Waals surface area contributed by atoms with E-state index in [2.05, 4.69) is 10.2 Å². The van der Waals surface area contributed by atoms with Crippen molar-refractivity contribution in [3.8, 4) is 11.1 Å². The van der Waals surface area contributed by atoms with E-state index in [4.69, 9.17) is 9.47 Å². The molecular weight excluding hydrogens is 376 g/mol. The molecule has 0 saturated carbocycles. The molecule has 0 unspecified atom stereocenters. The van der Waals surface area contributed by atoms with Crippen LogP contribution in [-0.4, -0.2) is 55.7 Å². The molecule has 28 heavy (non-hydrogen) atoms. The van der Waals surface area contributed by atoms with Crippen LogP contribution in [0.25, 0.3) is 11.1 Å². The summed E-state index contributed by atoms with van der Waals surface area (Å²) in [6.45, 7) is 6.39. The molecule has 1 aromatic heterocycles. The van der Waals surface area contributed by atoms with E-state index in [-0.39, 0.29) is 18.1 Å². The van der Waals surface area contributed by atoms with Crippen molar-refractivity contribution in [2.45, 2.75) is 32.5 Å². The topological polar surface area (TPSA) is 67.9 Å². The molecule has 3 rings (SSSR count). The number of amides is 1. The van der Waals surface area contributed by atoms with Crippen LogP contribution in [0.2, 0.25) is 0 Å². The van der Waals surface area contributed by atoms with Crippen molar-refractivity contribution >= 4 is 28.2 Å². The Hall–Kier alpha value is -2.22. The molecule has 1 N–H and O–H groups in total. The molecule has 2 atom stereocenters. The monoisotopic (exact) mass is 402 g/mol. The zero-order valence-corrected chi connectivity index (χ0v) is 17.3. The molecule has 1 saturated heterocycles. The zero-order valence-electron chi connectivity index (χ0n) is 16.4. The van der Waals surface area contributed by atoms with Crippen molar-refractivity contribution in [1.82, 2.24) is 4.90 Å². The molecule has 2 aromatic rings. The van der Waals surface area contributed by atoms with Crippen LogP contribution < -0.4 is 5.32 Å². The fourth-order valence-corrected chi connectivity index (χ4v) is 4.47. The minimum Gasteiger partial charge on any atom is -0.465 e. The Morgan fingerprint density at radius 2 is 1.89 bits per heavy atom. The highest BCUT2D eigenvalue weighted by Crippen LogP contribution is 2.36. The fraction of sp³-hybridized carbons (Fsp3) is 0.429. The first kappa shape index (κ1) is 20.5. The summed E-state index contributed by atoms with van der Waals surface area (Å²) in [6.07, 6.45) is 0.699. The zero-order chi connectivity index (χ0) is 20.1. The van der Waals surface area contributed by atoms with Crippen LogP contribution in [0.4, 0.5) is 5.00 Å². The van der Waals surface area contributed by atoms with E-state index in [0.29, 0.717) is 23.5 Å². The number of ether oxygens (including phenoxy) is 2. The molecule has 150 valence electrons. The highest BCUT2D eigenvalue weighted by molar-refractivity contribution is 7.15. The smallest absolute Gasteiger partial charge is 0.341 e. The van der Waals surface area contributed by atoms with E-state index in [9.17, 15) is 9.59 Å². The Bertz CT molecular complexity index is 811. The van der Waals surface area contributed by atoms with E-state index in [1.54, 1.807) is 0 Å². The molecule has 1 amide bonds. The summed E-state index contributed by atoms with van der Waals surface area (Å²) in [4.78, 5) is 27.1. The van der Waals surface area contributed by atoms with Gasteiger partial charge in [-0.2, -0.15) is 0 Å². The predicted molar refractivity (Wildman–Crippen MR) is 111 cm³/mol. The standard InChI is InChI=1S/C21H26N2O4S/c1-14-11-23(12-15(2)27-14)10-9-18(24)22-20-19(21(25)26-3)17(13-28-20)16-7-5-4-6-8-16/h4-8,13-15H,9-12H2,1-3H3,(H,22,24)/t14-,15-/m0/s1. The number of rotatable bonds is 6. The average Bonchev–Trinajstić information content (AvgIpc) is 3.09. The summed E-state index contributed by atoms with van der Waals surface area (Å²) in [5.74, 6) is -0.565. The Labute approximate surface area is 169 Å². The molecule has 0 aliphatic carbocycles. The first-order chi connectivity index (χ1) is 13.5. The lowest BCUT2D eigenvalue weighted by molar-refractivity contribution is -0.117. The maximum absolute atomic E-state index is 12.5. The summed E-state index contributed by atoms with van der Waals surface area (Å²) in [6, 6.07) is 9.61. The Kier molecular flexibility index (Phi) is 6.83. The fourth-order valence-electron chi connectivity index (χ4n) is 3.50. The number of nitrogens with one attached hydrogen (secondary N) is 1. The number of benzene rings is 1. The number of nitrogens with zero attached hydrogens (tertiary/aromatic N) is 1. The van der Waals surface area contributed by atoms with Gasteiger partial charge in [0.05, 0.1) is 19.3 Å². The number of methoxy groups -OCH3 is 1. The summed E-state index contributed by atoms with van der Waals surface area (Å²) in [5.41, 5.74) is 2.08. The maximum atomic E-state index is 12.5. The van der Waals surface area contributed by atoms with Gasteiger partial charge in [0.15, 0.2) is 0 Å². The number of anilines is 1. The molecule has 1 aromatic carbocycles. The van der Waals surface area contributed by atoms with Gasteiger partial charge < -0.3 is 14.8 Å². The first-order valence-electron chi connectivity index (χ1n) is 9.40. The normalized spacial score (nSPS) is 20.0. The van der Waals surface area contributed by atoms with Gasteiger partial charge in [0.25, 0.3) is 0 Å². The predicted octanol–water partition coefficient (Wildman–Crippen LogP) is 3.64. The lowest BCUT2D eigenvalue weighted by Crippen LogP contribution is -2.46. The Morgan fingerprint density at radius 3 is 2.54 bits per heavy atom. The Morgan fingerprint density at radius 1 is 1.21 bits per heavy atom. The first-order valence-corrected chi connectivity index (χ1v) is 10.3. The van der Waals surface area contributed by atoms with Gasteiger partial charge in [-0.25, -0.2) is 4.79 Å². The molecule has 7 heteroatoms. The van der Waals surface area contributed by atoms with Crippen LogP contribution in [0.15, 0.2) is 35.7 Å². The minimum atomic E-state index is -0.453. The number of morpholine rings is 1. The second-order valence-electron chi connectivity index (χ2n) is 7.03. The summed E-state index contributed by atoms with van der Waals surface area (Å²) in [7, 11) is 1.35. The van der Waals surface area contributed by atoms with Gasteiger partial charge in [0.2, 0.25) is 5.91 Å². The lowest BCUT2D eigenvalue weighted by Gasteiger charge is -2.35. The van der Waals surface area contributed by atoms with Gasteiger partial charge in [0, 0.05) is 37.0 Å². The van der Waals surface area contributed by atoms with Crippen molar-refractivity contribution in [2.75, 3.05) is 32.1 Å². The van der Waals surface area contributed by atoms with E-state index < -0.39 is 5.97 Å². The molecule has 6 nitrogen and oxygen atoms in total. The second kappa shape index (κ2) is 9.32. The second-order valence-corrected chi connectivity index (χ2v) is 7.91.